The Morgan fingerprint density at radius 1 is 0.962 bits per heavy atom. The molecule has 0 bridgehead atoms. The number of aliphatic hydroxyl groups excluding tert-OH is 1. The number of aliphatic hydroxyl groups is 2. The summed E-state index contributed by atoms with van der Waals surface area (Å²) in [5, 5.41) is 30.5. The third kappa shape index (κ3) is 3.50. The maximum absolute atomic E-state index is 11.1. The van der Waals surface area contributed by atoms with Crippen molar-refractivity contribution in [1.82, 2.24) is 4.90 Å². The SMILES string of the molecule is OC[C@H](c1ccc(O)cc1)N1C[C@@H]2C[C@](O)(Cc3ccccc3)C[C@@H]2C1. The summed E-state index contributed by atoms with van der Waals surface area (Å²) in [6, 6.07) is 17.3. The minimum Gasteiger partial charge on any atom is -0.508 e. The fraction of sp³-hybridized carbons (Fsp3) is 0.455. The van der Waals surface area contributed by atoms with Gasteiger partial charge in [0.1, 0.15) is 5.75 Å². The van der Waals surface area contributed by atoms with Gasteiger partial charge in [0.25, 0.3) is 0 Å². The summed E-state index contributed by atoms with van der Waals surface area (Å²) in [5.74, 6) is 1.21. The molecule has 0 unspecified atom stereocenters. The number of fused-ring (bicyclic) bond motifs is 1. The number of aromatic hydroxyl groups is 1. The number of likely N-dealkylation sites (tertiary alicyclic amines) is 1. The number of phenols is 1. The highest BCUT2D eigenvalue weighted by molar-refractivity contribution is 5.28. The van der Waals surface area contributed by atoms with Crippen LogP contribution in [0.15, 0.2) is 54.6 Å². The van der Waals surface area contributed by atoms with Crippen LogP contribution in [0.1, 0.15) is 30.0 Å². The Bertz CT molecular complexity index is 717. The van der Waals surface area contributed by atoms with Crippen LogP contribution in [-0.2, 0) is 6.42 Å². The Kier molecular flexibility index (Phi) is 4.74. The lowest BCUT2D eigenvalue weighted by Gasteiger charge is -2.30. The highest BCUT2D eigenvalue weighted by atomic mass is 16.3. The van der Waals surface area contributed by atoms with E-state index in [1.54, 1.807) is 12.1 Å². The summed E-state index contributed by atoms with van der Waals surface area (Å²) in [7, 11) is 0. The Hall–Kier alpha value is -1.88. The number of rotatable bonds is 5. The van der Waals surface area contributed by atoms with E-state index in [-0.39, 0.29) is 18.4 Å². The minimum absolute atomic E-state index is 0.0385. The second-order valence-electron chi connectivity index (χ2n) is 8.06. The first-order valence-corrected chi connectivity index (χ1v) is 9.46. The molecule has 1 aliphatic carbocycles. The van der Waals surface area contributed by atoms with E-state index in [0.29, 0.717) is 11.8 Å². The van der Waals surface area contributed by atoms with Crippen LogP contribution in [0.2, 0.25) is 0 Å². The van der Waals surface area contributed by atoms with E-state index < -0.39 is 5.60 Å². The molecule has 3 N–H and O–H groups in total. The first-order valence-electron chi connectivity index (χ1n) is 9.46. The molecule has 2 aromatic rings. The summed E-state index contributed by atoms with van der Waals surface area (Å²) >= 11 is 0. The van der Waals surface area contributed by atoms with Crippen molar-refractivity contribution in [2.45, 2.75) is 30.9 Å². The van der Waals surface area contributed by atoms with E-state index >= 15 is 0 Å². The van der Waals surface area contributed by atoms with Crippen LogP contribution in [0.25, 0.3) is 0 Å². The molecule has 4 atom stereocenters. The van der Waals surface area contributed by atoms with Crippen LogP contribution in [-0.4, -0.2) is 45.5 Å². The van der Waals surface area contributed by atoms with Gasteiger partial charge in [-0.05, 0) is 47.9 Å². The van der Waals surface area contributed by atoms with E-state index in [4.69, 9.17) is 0 Å². The molecule has 0 amide bonds. The van der Waals surface area contributed by atoms with Crippen LogP contribution < -0.4 is 0 Å². The number of hydrogen-bond acceptors (Lipinski definition) is 4. The zero-order chi connectivity index (χ0) is 18.1. The molecular weight excluding hydrogens is 326 g/mol. The summed E-state index contributed by atoms with van der Waals surface area (Å²) in [6.45, 7) is 1.89. The van der Waals surface area contributed by atoms with Crippen molar-refractivity contribution in [2.24, 2.45) is 11.8 Å². The van der Waals surface area contributed by atoms with Gasteiger partial charge in [-0.25, -0.2) is 0 Å². The monoisotopic (exact) mass is 353 g/mol. The first kappa shape index (κ1) is 17.5. The van der Waals surface area contributed by atoms with E-state index in [9.17, 15) is 15.3 Å². The number of benzene rings is 2. The number of hydrogen-bond donors (Lipinski definition) is 3. The summed E-state index contributed by atoms with van der Waals surface area (Å²) in [4.78, 5) is 2.34. The quantitative estimate of drug-likeness (QED) is 0.773. The van der Waals surface area contributed by atoms with Crippen LogP contribution in [0, 0.1) is 11.8 Å². The zero-order valence-electron chi connectivity index (χ0n) is 15.0. The van der Waals surface area contributed by atoms with Gasteiger partial charge in [-0.3, -0.25) is 4.90 Å². The second-order valence-corrected chi connectivity index (χ2v) is 8.06. The molecular formula is C22H27NO3. The van der Waals surface area contributed by atoms with Crippen molar-refractivity contribution in [2.75, 3.05) is 19.7 Å². The van der Waals surface area contributed by atoms with Crippen molar-refractivity contribution in [3.63, 3.8) is 0 Å². The first-order chi connectivity index (χ1) is 12.6. The Morgan fingerprint density at radius 3 is 2.15 bits per heavy atom. The van der Waals surface area contributed by atoms with E-state index in [1.807, 2.05) is 30.3 Å². The molecule has 2 aliphatic rings. The Balaban J connectivity index is 1.42. The van der Waals surface area contributed by atoms with Gasteiger partial charge in [-0.1, -0.05) is 42.5 Å². The molecule has 0 radical (unpaired) electrons. The van der Waals surface area contributed by atoms with Gasteiger partial charge in [-0.15, -0.1) is 0 Å². The lowest BCUT2D eigenvalue weighted by atomic mass is 9.91. The molecule has 26 heavy (non-hydrogen) atoms. The van der Waals surface area contributed by atoms with Crippen molar-refractivity contribution in [1.29, 1.82) is 0 Å². The smallest absolute Gasteiger partial charge is 0.115 e. The van der Waals surface area contributed by atoms with Crippen LogP contribution >= 0.6 is 0 Å². The minimum atomic E-state index is -0.601. The van der Waals surface area contributed by atoms with Gasteiger partial charge in [0.2, 0.25) is 0 Å². The van der Waals surface area contributed by atoms with Gasteiger partial charge in [0, 0.05) is 19.5 Å². The predicted molar refractivity (Wildman–Crippen MR) is 101 cm³/mol. The Labute approximate surface area is 154 Å². The fourth-order valence-electron chi connectivity index (χ4n) is 5.00. The lowest BCUT2D eigenvalue weighted by molar-refractivity contribution is 0.0312. The maximum Gasteiger partial charge on any atom is 0.115 e. The van der Waals surface area contributed by atoms with Crippen LogP contribution in [0.4, 0.5) is 0 Å². The number of phenolic OH excluding ortho intramolecular Hbond substituents is 1. The van der Waals surface area contributed by atoms with Gasteiger partial charge in [0.05, 0.1) is 18.2 Å². The highest BCUT2D eigenvalue weighted by Crippen LogP contribution is 2.47. The van der Waals surface area contributed by atoms with E-state index in [2.05, 4.69) is 17.0 Å². The zero-order valence-corrected chi connectivity index (χ0v) is 15.0. The normalized spacial score (nSPS) is 29.6. The van der Waals surface area contributed by atoms with Crippen molar-refractivity contribution >= 4 is 0 Å². The maximum atomic E-state index is 11.1. The summed E-state index contributed by atoms with van der Waals surface area (Å²) in [6.07, 6.45) is 2.38. The van der Waals surface area contributed by atoms with Crippen molar-refractivity contribution in [3.8, 4) is 5.75 Å². The summed E-state index contributed by atoms with van der Waals surface area (Å²) in [5.41, 5.74) is 1.63. The van der Waals surface area contributed by atoms with Crippen molar-refractivity contribution in [3.05, 3.63) is 65.7 Å². The summed E-state index contributed by atoms with van der Waals surface area (Å²) < 4.78 is 0. The van der Waals surface area contributed by atoms with E-state index in [0.717, 1.165) is 37.9 Å². The van der Waals surface area contributed by atoms with Crippen LogP contribution in [0.3, 0.4) is 0 Å². The lowest BCUT2D eigenvalue weighted by Crippen LogP contribution is -2.34. The molecule has 4 heteroatoms. The molecule has 2 aromatic carbocycles. The molecule has 1 saturated carbocycles. The largest absolute Gasteiger partial charge is 0.508 e. The molecule has 1 aliphatic heterocycles. The second kappa shape index (κ2) is 7.03. The van der Waals surface area contributed by atoms with Crippen molar-refractivity contribution < 1.29 is 15.3 Å². The highest BCUT2D eigenvalue weighted by Gasteiger charge is 2.49. The average molecular weight is 353 g/mol. The fourth-order valence-corrected chi connectivity index (χ4v) is 5.00. The van der Waals surface area contributed by atoms with Gasteiger partial charge in [0.15, 0.2) is 0 Å². The molecule has 0 spiro atoms. The Morgan fingerprint density at radius 2 is 1.58 bits per heavy atom. The van der Waals surface area contributed by atoms with Gasteiger partial charge >= 0.3 is 0 Å². The molecule has 1 heterocycles. The average Bonchev–Trinajstić information content (AvgIpc) is 3.12. The molecule has 4 nitrogen and oxygen atoms in total. The van der Waals surface area contributed by atoms with Gasteiger partial charge < -0.3 is 15.3 Å². The molecule has 2 fully saturated rings. The third-order valence-electron chi connectivity index (χ3n) is 6.16. The van der Waals surface area contributed by atoms with Crippen LogP contribution in [0.5, 0.6) is 5.75 Å². The molecule has 0 aromatic heterocycles. The third-order valence-corrected chi connectivity index (χ3v) is 6.16. The topological polar surface area (TPSA) is 63.9 Å². The molecule has 1 saturated heterocycles. The molecule has 4 rings (SSSR count). The standard InChI is InChI=1S/C22H27NO3/c24-15-21(17-6-8-20(25)9-7-17)23-13-18-11-22(26,12-19(18)14-23)10-16-4-2-1-3-5-16/h1-9,18-19,21,24-26H,10-15H2/t18-,19+,21-,22+/m1/s1. The van der Waals surface area contributed by atoms with E-state index in [1.165, 1.54) is 5.56 Å². The number of nitrogens with zero attached hydrogens (tertiary/aromatic N) is 1. The predicted octanol–water partition coefficient (Wildman–Crippen LogP) is 2.74. The molecule has 138 valence electrons. The van der Waals surface area contributed by atoms with Gasteiger partial charge in [-0.2, -0.15) is 0 Å².